The van der Waals surface area contributed by atoms with Crippen molar-refractivity contribution in [2.24, 2.45) is 0 Å². The Bertz CT molecular complexity index is 1790. The maximum Gasteiger partial charge on any atom is 0.167 e. The Labute approximate surface area is 241 Å². The van der Waals surface area contributed by atoms with Crippen molar-refractivity contribution in [3.63, 3.8) is 0 Å². The fourth-order valence-corrected chi connectivity index (χ4v) is 5.70. The molecular formula is C34H27ClFNO4. The number of carbonyl (C=O) groups excluding carboxylic acids is 2. The molecule has 0 N–H and O–H groups in total. The molecule has 1 fully saturated rings. The lowest BCUT2D eigenvalue weighted by molar-refractivity contribution is 0.0963. The van der Waals surface area contributed by atoms with Crippen LogP contribution >= 0.6 is 11.6 Å². The number of Topliss-reactive ketones (excluding diaryl/α,β-unsaturated/α-hetero) is 2. The van der Waals surface area contributed by atoms with Crippen LogP contribution in [0.1, 0.15) is 59.0 Å². The summed E-state index contributed by atoms with van der Waals surface area (Å²) in [6.45, 7) is 1.79. The van der Waals surface area contributed by atoms with Crippen molar-refractivity contribution >= 4 is 34.1 Å². The van der Waals surface area contributed by atoms with E-state index in [-0.39, 0.29) is 29.2 Å². The first-order valence-corrected chi connectivity index (χ1v) is 13.9. The van der Waals surface area contributed by atoms with Gasteiger partial charge in [-0.1, -0.05) is 30.7 Å². The van der Waals surface area contributed by atoms with Gasteiger partial charge in [0.05, 0.1) is 23.3 Å². The minimum Gasteiger partial charge on any atom is -0.496 e. The van der Waals surface area contributed by atoms with Crippen LogP contribution in [-0.2, 0) is 5.41 Å². The van der Waals surface area contributed by atoms with E-state index in [1.54, 1.807) is 43.5 Å². The predicted molar refractivity (Wildman–Crippen MR) is 157 cm³/mol. The first kappa shape index (κ1) is 26.9. The van der Waals surface area contributed by atoms with Crippen molar-refractivity contribution in [3.05, 3.63) is 107 Å². The number of benzene rings is 3. The largest absolute Gasteiger partial charge is 0.496 e. The molecule has 2 heterocycles. The minimum atomic E-state index is -0.373. The summed E-state index contributed by atoms with van der Waals surface area (Å²) in [5.74, 6) is 0.284. The second-order valence-corrected chi connectivity index (χ2v) is 10.8. The molecule has 0 spiro atoms. The van der Waals surface area contributed by atoms with Gasteiger partial charge in [0, 0.05) is 52.7 Å². The zero-order valence-corrected chi connectivity index (χ0v) is 23.4. The molecule has 0 atom stereocenters. The van der Waals surface area contributed by atoms with E-state index in [0.29, 0.717) is 56.2 Å². The third-order valence-corrected chi connectivity index (χ3v) is 8.17. The quantitative estimate of drug-likeness (QED) is 0.166. The number of aromatic nitrogens is 1. The van der Waals surface area contributed by atoms with E-state index in [0.717, 1.165) is 24.1 Å². The van der Waals surface area contributed by atoms with Gasteiger partial charge >= 0.3 is 0 Å². The van der Waals surface area contributed by atoms with E-state index >= 15 is 0 Å². The van der Waals surface area contributed by atoms with Crippen LogP contribution in [0.3, 0.4) is 0 Å². The van der Waals surface area contributed by atoms with Crippen molar-refractivity contribution in [1.29, 1.82) is 0 Å². The molecule has 0 radical (unpaired) electrons. The average molecular weight is 568 g/mol. The molecule has 206 valence electrons. The van der Waals surface area contributed by atoms with E-state index in [1.165, 1.54) is 19.2 Å². The molecule has 6 rings (SSSR count). The third kappa shape index (κ3) is 4.93. The number of ether oxygens (including phenoxy) is 1. The monoisotopic (exact) mass is 567 g/mol. The van der Waals surface area contributed by atoms with Crippen LogP contribution in [0.5, 0.6) is 5.75 Å². The fourth-order valence-electron chi connectivity index (χ4n) is 5.44. The summed E-state index contributed by atoms with van der Waals surface area (Å²) in [7, 11) is 1.52. The zero-order chi connectivity index (χ0) is 28.7. The molecular weight excluding hydrogens is 541 g/mol. The highest BCUT2D eigenvalue weighted by Crippen LogP contribution is 2.51. The van der Waals surface area contributed by atoms with Crippen molar-refractivity contribution in [1.82, 2.24) is 4.98 Å². The molecule has 3 aromatic carbocycles. The number of fused-ring (bicyclic) bond motifs is 1. The number of nitrogens with zero attached hydrogens (tertiary/aromatic N) is 1. The summed E-state index contributed by atoms with van der Waals surface area (Å²) in [6, 6.07) is 20.6. The lowest BCUT2D eigenvalue weighted by Gasteiger charge is -2.16. The van der Waals surface area contributed by atoms with Crippen LogP contribution in [0.2, 0.25) is 5.02 Å². The molecule has 0 unspecified atom stereocenters. The van der Waals surface area contributed by atoms with Crippen LogP contribution in [-0.4, -0.2) is 23.7 Å². The van der Waals surface area contributed by atoms with E-state index in [9.17, 15) is 14.0 Å². The van der Waals surface area contributed by atoms with E-state index in [2.05, 4.69) is 4.98 Å². The Hall–Kier alpha value is -4.29. The van der Waals surface area contributed by atoms with Gasteiger partial charge in [0.1, 0.15) is 22.9 Å². The number of pyridine rings is 1. The Kier molecular flexibility index (Phi) is 6.96. The Morgan fingerprint density at radius 1 is 1.00 bits per heavy atom. The topological polar surface area (TPSA) is 69.4 Å². The van der Waals surface area contributed by atoms with E-state index in [1.807, 2.05) is 30.3 Å². The lowest BCUT2D eigenvalue weighted by Crippen LogP contribution is -2.16. The van der Waals surface area contributed by atoms with Crippen LogP contribution in [0, 0.1) is 5.82 Å². The molecule has 41 heavy (non-hydrogen) atoms. The zero-order valence-electron chi connectivity index (χ0n) is 22.7. The third-order valence-electron chi connectivity index (χ3n) is 7.86. The molecule has 1 saturated carbocycles. The van der Waals surface area contributed by atoms with Gasteiger partial charge in [0.2, 0.25) is 0 Å². The van der Waals surface area contributed by atoms with Crippen LogP contribution in [0.15, 0.2) is 83.4 Å². The van der Waals surface area contributed by atoms with Gasteiger partial charge in [-0.25, -0.2) is 4.39 Å². The minimum absolute atomic E-state index is 0.0484. The predicted octanol–water partition coefficient (Wildman–Crippen LogP) is 8.86. The molecule has 2 aromatic heterocycles. The first-order chi connectivity index (χ1) is 19.8. The molecule has 0 bridgehead atoms. The number of hydrogen-bond donors (Lipinski definition) is 0. The second kappa shape index (κ2) is 10.6. The van der Waals surface area contributed by atoms with Gasteiger partial charge in [-0.15, -0.1) is 0 Å². The molecule has 5 nitrogen and oxygen atoms in total. The fraction of sp³-hybridized carbons (Fsp3) is 0.206. The smallest absolute Gasteiger partial charge is 0.167 e. The number of hydrogen-bond acceptors (Lipinski definition) is 5. The highest BCUT2D eigenvalue weighted by molar-refractivity contribution is 6.34. The maximum atomic E-state index is 13.7. The van der Waals surface area contributed by atoms with Crippen molar-refractivity contribution in [2.45, 2.75) is 38.0 Å². The van der Waals surface area contributed by atoms with Crippen molar-refractivity contribution < 1.29 is 23.1 Å². The number of methoxy groups -OCH3 is 1. The highest BCUT2D eigenvalue weighted by atomic mass is 35.5. The summed E-state index contributed by atoms with van der Waals surface area (Å²) in [5.41, 5.74) is 4.04. The average Bonchev–Trinajstić information content (AvgIpc) is 3.68. The maximum absolute atomic E-state index is 13.7. The summed E-state index contributed by atoms with van der Waals surface area (Å²) in [5, 5.41) is 1.04. The Morgan fingerprint density at radius 3 is 2.41 bits per heavy atom. The van der Waals surface area contributed by atoms with Gasteiger partial charge in [-0.3, -0.25) is 14.6 Å². The first-order valence-electron chi connectivity index (χ1n) is 13.5. The number of carbonyl (C=O) groups is 2. The van der Waals surface area contributed by atoms with Gasteiger partial charge in [0.25, 0.3) is 0 Å². The number of ketones is 2. The van der Waals surface area contributed by atoms with Crippen LogP contribution in [0.4, 0.5) is 4.39 Å². The molecule has 7 heteroatoms. The van der Waals surface area contributed by atoms with Gasteiger partial charge < -0.3 is 9.15 Å². The van der Waals surface area contributed by atoms with Crippen molar-refractivity contribution in [3.8, 4) is 28.2 Å². The van der Waals surface area contributed by atoms with Crippen LogP contribution < -0.4 is 4.74 Å². The Morgan fingerprint density at radius 2 is 1.76 bits per heavy atom. The second-order valence-electron chi connectivity index (χ2n) is 10.4. The van der Waals surface area contributed by atoms with E-state index < -0.39 is 0 Å². The molecule has 1 aliphatic carbocycles. The van der Waals surface area contributed by atoms with Crippen LogP contribution in [0.25, 0.3) is 33.4 Å². The van der Waals surface area contributed by atoms with Gasteiger partial charge in [0.15, 0.2) is 11.6 Å². The SMILES string of the molecule is CCC(=O)c1c(-c2ccc(F)cc2)oc2ccc(-c3cc(C(=O)CC4(c5ccccn5)CC4)c(OC)cc3Cl)cc12. The van der Waals surface area contributed by atoms with Crippen molar-refractivity contribution in [2.75, 3.05) is 7.11 Å². The standard InChI is InChI=1S/C34H27ClFNO4/c1-3-27(38)32-25-16-21(9-12-29(25)41-33(32)20-7-10-22(36)11-8-20)23-17-24(30(40-2)18-26(23)35)28(39)19-34(13-14-34)31-6-4-5-15-37-31/h4-12,15-18H,3,13-14,19H2,1-2H3. The van der Waals surface area contributed by atoms with E-state index in [4.69, 9.17) is 20.8 Å². The summed E-state index contributed by atoms with van der Waals surface area (Å²) >= 11 is 6.73. The molecule has 0 aliphatic heterocycles. The summed E-state index contributed by atoms with van der Waals surface area (Å²) in [6.07, 6.45) is 4.15. The highest BCUT2D eigenvalue weighted by Gasteiger charge is 2.47. The summed E-state index contributed by atoms with van der Waals surface area (Å²) < 4.78 is 25.3. The van der Waals surface area contributed by atoms with Gasteiger partial charge in [-0.05, 0) is 73.0 Å². The Balaban J connectivity index is 1.43. The normalized spacial score (nSPS) is 13.8. The number of rotatable bonds is 9. The summed E-state index contributed by atoms with van der Waals surface area (Å²) in [4.78, 5) is 31.3. The molecule has 1 aliphatic rings. The molecule has 0 saturated heterocycles. The molecule has 5 aromatic rings. The number of furan rings is 1. The number of halogens is 2. The van der Waals surface area contributed by atoms with Gasteiger partial charge in [-0.2, -0.15) is 0 Å². The molecule has 0 amide bonds. The lowest BCUT2D eigenvalue weighted by atomic mass is 9.90.